The summed E-state index contributed by atoms with van der Waals surface area (Å²) >= 11 is 4.93. The van der Waals surface area contributed by atoms with Crippen LogP contribution in [-0.2, 0) is 0 Å². The molecule has 2 aromatic carbocycles. The second-order valence-corrected chi connectivity index (χ2v) is 4.69. The third-order valence-corrected chi connectivity index (χ3v) is 3.12. The van der Waals surface area contributed by atoms with Crippen LogP contribution < -0.4 is 20.5 Å². The average Bonchev–Trinajstić information content (AvgIpc) is 2.88. The molecule has 0 saturated carbocycles. The van der Waals surface area contributed by atoms with Gasteiger partial charge in [0.15, 0.2) is 11.5 Å². The molecule has 0 saturated heterocycles. The number of rotatable bonds is 3. The van der Waals surface area contributed by atoms with E-state index >= 15 is 0 Å². The lowest BCUT2D eigenvalue weighted by atomic mass is 10.1. The maximum atomic E-state index is 13.2. The Bertz CT molecular complexity index is 691. The molecule has 1 aliphatic rings. The summed E-state index contributed by atoms with van der Waals surface area (Å²) in [4.78, 5) is 0.132. The highest BCUT2D eigenvalue weighted by molar-refractivity contribution is 7.80. The van der Waals surface area contributed by atoms with Crippen molar-refractivity contribution in [1.29, 1.82) is 0 Å². The summed E-state index contributed by atoms with van der Waals surface area (Å²) < 4.78 is 23.8. The zero-order chi connectivity index (χ0) is 14.1. The average molecular weight is 290 g/mol. The Morgan fingerprint density at radius 3 is 2.75 bits per heavy atom. The first kappa shape index (κ1) is 12.7. The number of hydrogen-bond donors (Lipinski definition) is 2. The van der Waals surface area contributed by atoms with E-state index in [9.17, 15) is 4.39 Å². The maximum absolute atomic E-state index is 13.2. The zero-order valence-electron chi connectivity index (χ0n) is 10.4. The Morgan fingerprint density at radius 1 is 1.15 bits per heavy atom. The van der Waals surface area contributed by atoms with Gasteiger partial charge in [0, 0.05) is 23.0 Å². The van der Waals surface area contributed by atoms with Crippen molar-refractivity contribution in [2.75, 3.05) is 12.1 Å². The normalized spacial score (nSPS) is 12.2. The molecule has 3 N–H and O–H groups in total. The van der Waals surface area contributed by atoms with E-state index in [1.807, 2.05) is 6.07 Å². The molecule has 1 heterocycles. The van der Waals surface area contributed by atoms with Crippen LogP contribution >= 0.6 is 12.2 Å². The highest BCUT2D eigenvalue weighted by atomic mass is 32.1. The van der Waals surface area contributed by atoms with E-state index in [1.165, 1.54) is 12.1 Å². The van der Waals surface area contributed by atoms with Crippen LogP contribution in [-0.4, -0.2) is 11.8 Å². The van der Waals surface area contributed by atoms with Gasteiger partial charge in [-0.05, 0) is 30.3 Å². The molecule has 0 unspecified atom stereocenters. The Morgan fingerprint density at radius 2 is 1.95 bits per heavy atom. The molecule has 0 aromatic heterocycles. The number of thiocarbonyl (C=S) groups is 1. The van der Waals surface area contributed by atoms with E-state index in [0.29, 0.717) is 22.7 Å². The van der Waals surface area contributed by atoms with Crippen molar-refractivity contribution < 1.29 is 13.9 Å². The SMILES string of the molecule is NC(=S)c1cc(F)ccc1Nc1ccc2c(c1)OCO2. The van der Waals surface area contributed by atoms with Gasteiger partial charge >= 0.3 is 0 Å². The van der Waals surface area contributed by atoms with Gasteiger partial charge in [-0.2, -0.15) is 0 Å². The van der Waals surface area contributed by atoms with Crippen LogP contribution in [0, 0.1) is 5.82 Å². The number of hydrogen-bond acceptors (Lipinski definition) is 4. The van der Waals surface area contributed by atoms with Crippen LogP contribution in [0.15, 0.2) is 36.4 Å². The molecule has 0 bridgehead atoms. The molecular formula is C14H11FN2O2S. The first-order valence-electron chi connectivity index (χ1n) is 5.89. The third kappa shape index (κ3) is 2.37. The van der Waals surface area contributed by atoms with Crippen molar-refractivity contribution in [3.63, 3.8) is 0 Å². The van der Waals surface area contributed by atoms with Gasteiger partial charge in [-0.25, -0.2) is 4.39 Å². The Balaban J connectivity index is 1.93. The van der Waals surface area contributed by atoms with Gasteiger partial charge in [0.1, 0.15) is 10.8 Å². The summed E-state index contributed by atoms with van der Waals surface area (Å²) in [5.41, 5.74) is 7.48. The number of anilines is 2. The summed E-state index contributed by atoms with van der Waals surface area (Å²) in [6.07, 6.45) is 0. The topological polar surface area (TPSA) is 56.5 Å². The molecule has 102 valence electrons. The van der Waals surface area contributed by atoms with Crippen molar-refractivity contribution in [3.8, 4) is 11.5 Å². The summed E-state index contributed by atoms with van der Waals surface area (Å²) in [5, 5.41) is 3.14. The number of nitrogens with one attached hydrogen (secondary N) is 1. The van der Waals surface area contributed by atoms with Crippen molar-refractivity contribution in [2.45, 2.75) is 0 Å². The van der Waals surface area contributed by atoms with Gasteiger partial charge in [-0.1, -0.05) is 12.2 Å². The first-order chi connectivity index (χ1) is 9.63. The molecule has 0 aliphatic carbocycles. The summed E-state index contributed by atoms with van der Waals surface area (Å²) in [6.45, 7) is 0.216. The maximum Gasteiger partial charge on any atom is 0.231 e. The number of benzene rings is 2. The van der Waals surface area contributed by atoms with E-state index in [-0.39, 0.29) is 17.6 Å². The zero-order valence-corrected chi connectivity index (χ0v) is 11.2. The minimum atomic E-state index is -0.385. The monoisotopic (exact) mass is 290 g/mol. The lowest BCUT2D eigenvalue weighted by Gasteiger charge is -2.11. The third-order valence-electron chi connectivity index (χ3n) is 2.90. The van der Waals surface area contributed by atoms with Crippen LogP contribution in [0.25, 0.3) is 0 Å². The molecule has 0 fully saturated rings. The van der Waals surface area contributed by atoms with Gasteiger partial charge in [-0.15, -0.1) is 0 Å². The van der Waals surface area contributed by atoms with E-state index in [1.54, 1.807) is 18.2 Å². The van der Waals surface area contributed by atoms with E-state index in [0.717, 1.165) is 5.69 Å². The highest BCUT2D eigenvalue weighted by Gasteiger charge is 2.14. The molecule has 20 heavy (non-hydrogen) atoms. The van der Waals surface area contributed by atoms with Crippen LogP contribution in [0.4, 0.5) is 15.8 Å². The summed E-state index contributed by atoms with van der Waals surface area (Å²) in [7, 11) is 0. The Hall–Kier alpha value is -2.34. The smallest absolute Gasteiger partial charge is 0.231 e. The van der Waals surface area contributed by atoms with E-state index in [4.69, 9.17) is 27.4 Å². The van der Waals surface area contributed by atoms with E-state index in [2.05, 4.69) is 5.32 Å². The van der Waals surface area contributed by atoms with Crippen LogP contribution in [0.3, 0.4) is 0 Å². The Labute approximate surface area is 120 Å². The lowest BCUT2D eigenvalue weighted by Crippen LogP contribution is -2.12. The van der Waals surface area contributed by atoms with Crippen LogP contribution in [0.1, 0.15) is 5.56 Å². The minimum absolute atomic E-state index is 0.132. The van der Waals surface area contributed by atoms with Gasteiger partial charge in [0.25, 0.3) is 0 Å². The second kappa shape index (κ2) is 4.97. The summed E-state index contributed by atoms with van der Waals surface area (Å²) in [6, 6.07) is 9.67. The predicted molar refractivity (Wildman–Crippen MR) is 78.1 cm³/mol. The van der Waals surface area contributed by atoms with Crippen molar-refractivity contribution in [2.24, 2.45) is 5.73 Å². The fourth-order valence-electron chi connectivity index (χ4n) is 1.96. The standard InChI is InChI=1S/C14H11FN2O2S/c15-8-1-3-11(10(5-8)14(16)20)17-9-2-4-12-13(6-9)19-7-18-12/h1-6,17H,7H2,(H2,16,20). The van der Waals surface area contributed by atoms with Gasteiger partial charge < -0.3 is 20.5 Å². The first-order valence-corrected chi connectivity index (χ1v) is 6.30. The molecular weight excluding hydrogens is 279 g/mol. The van der Waals surface area contributed by atoms with Gasteiger partial charge in [-0.3, -0.25) is 0 Å². The van der Waals surface area contributed by atoms with Gasteiger partial charge in [0.2, 0.25) is 6.79 Å². The molecule has 0 amide bonds. The van der Waals surface area contributed by atoms with Crippen LogP contribution in [0.5, 0.6) is 11.5 Å². The molecule has 0 atom stereocenters. The number of nitrogens with two attached hydrogens (primary N) is 1. The largest absolute Gasteiger partial charge is 0.454 e. The molecule has 6 heteroatoms. The molecule has 0 spiro atoms. The second-order valence-electron chi connectivity index (χ2n) is 4.25. The van der Waals surface area contributed by atoms with Crippen molar-refractivity contribution in [3.05, 3.63) is 47.8 Å². The van der Waals surface area contributed by atoms with Crippen molar-refractivity contribution >= 4 is 28.6 Å². The minimum Gasteiger partial charge on any atom is -0.454 e. The number of halogens is 1. The fourth-order valence-corrected chi connectivity index (χ4v) is 2.13. The molecule has 1 aliphatic heterocycles. The molecule has 0 radical (unpaired) electrons. The molecule has 4 nitrogen and oxygen atoms in total. The predicted octanol–water partition coefficient (Wildman–Crippen LogP) is 2.93. The molecule has 2 aromatic rings. The Kier molecular flexibility index (Phi) is 3.15. The lowest BCUT2D eigenvalue weighted by molar-refractivity contribution is 0.174. The quantitative estimate of drug-likeness (QED) is 0.851. The van der Waals surface area contributed by atoms with Crippen molar-refractivity contribution in [1.82, 2.24) is 0 Å². The number of fused-ring (bicyclic) bond motifs is 1. The summed E-state index contributed by atoms with van der Waals surface area (Å²) in [5.74, 6) is 0.974. The van der Waals surface area contributed by atoms with Crippen LogP contribution in [0.2, 0.25) is 0 Å². The molecule has 3 rings (SSSR count). The fraction of sp³-hybridized carbons (Fsp3) is 0.0714. The van der Waals surface area contributed by atoms with Gasteiger partial charge in [0.05, 0.1) is 0 Å². The van der Waals surface area contributed by atoms with E-state index < -0.39 is 0 Å². The number of ether oxygens (including phenoxy) is 2. The highest BCUT2D eigenvalue weighted by Crippen LogP contribution is 2.35.